The molecule has 0 heterocycles. The molecule has 0 aromatic carbocycles. The lowest BCUT2D eigenvalue weighted by Gasteiger charge is -2.35. The standard InChI is InChI=1S/C11H22O3S/c1-3-10-4-6-11(12,7-5-10)8-9-15(2,13)14/h10,12H,3-9H2,1-2H3. The molecule has 4 heteroatoms. The Labute approximate surface area is 92.8 Å². The summed E-state index contributed by atoms with van der Waals surface area (Å²) in [4.78, 5) is 0. The minimum atomic E-state index is -2.94. The Kier molecular flexibility index (Phi) is 4.18. The second-order valence-corrected chi connectivity index (χ2v) is 7.22. The van der Waals surface area contributed by atoms with Gasteiger partial charge in [0.15, 0.2) is 0 Å². The lowest BCUT2D eigenvalue weighted by Crippen LogP contribution is -2.35. The average Bonchev–Trinajstić information content (AvgIpc) is 2.16. The van der Waals surface area contributed by atoms with Crippen LogP contribution >= 0.6 is 0 Å². The van der Waals surface area contributed by atoms with Crippen LogP contribution in [0.15, 0.2) is 0 Å². The van der Waals surface area contributed by atoms with Gasteiger partial charge in [0.2, 0.25) is 0 Å². The number of hydrogen-bond acceptors (Lipinski definition) is 3. The first-order chi connectivity index (χ1) is 6.85. The maximum absolute atomic E-state index is 11.0. The summed E-state index contributed by atoms with van der Waals surface area (Å²) in [6.45, 7) is 2.17. The molecule has 1 aliphatic rings. The molecule has 0 unspecified atom stereocenters. The summed E-state index contributed by atoms with van der Waals surface area (Å²) in [5, 5.41) is 10.2. The Balaban J connectivity index is 2.42. The molecule has 0 bridgehead atoms. The van der Waals surface area contributed by atoms with Gasteiger partial charge < -0.3 is 5.11 Å². The minimum Gasteiger partial charge on any atom is -0.390 e. The molecule has 0 radical (unpaired) electrons. The Morgan fingerprint density at radius 2 is 1.87 bits per heavy atom. The van der Waals surface area contributed by atoms with E-state index >= 15 is 0 Å². The fraction of sp³-hybridized carbons (Fsp3) is 1.00. The molecule has 0 amide bonds. The van der Waals surface area contributed by atoms with Gasteiger partial charge in [-0.15, -0.1) is 0 Å². The van der Waals surface area contributed by atoms with Gasteiger partial charge in [-0.2, -0.15) is 0 Å². The van der Waals surface area contributed by atoms with Crippen LogP contribution in [0.1, 0.15) is 45.4 Å². The second-order valence-electron chi connectivity index (χ2n) is 4.96. The summed E-state index contributed by atoms with van der Waals surface area (Å²) in [6, 6.07) is 0. The molecule has 1 aliphatic carbocycles. The van der Waals surface area contributed by atoms with E-state index in [4.69, 9.17) is 0 Å². The summed E-state index contributed by atoms with van der Waals surface area (Å²) in [7, 11) is -2.94. The molecule has 1 rings (SSSR count). The molecule has 0 saturated heterocycles. The van der Waals surface area contributed by atoms with Crippen molar-refractivity contribution in [2.24, 2.45) is 5.92 Å². The monoisotopic (exact) mass is 234 g/mol. The van der Waals surface area contributed by atoms with Crippen molar-refractivity contribution in [2.75, 3.05) is 12.0 Å². The predicted octanol–water partition coefficient (Wildman–Crippen LogP) is 1.75. The van der Waals surface area contributed by atoms with E-state index in [0.717, 1.165) is 31.6 Å². The third-order valence-electron chi connectivity index (χ3n) is 3.55. The van der Waals surface area contributed by atoms with E-state index in [1.807, 2.05) is 0 Å². The summed E-state index contributed by atoms with van der Waals surface area (Å²) in [5.41, 5.74) is -0.714. The van der Waals surface area contributed by atoms with E-state index in [9.17, 15) is 13.5 Å². The van der Waals surface area contributed by atoms with Crippen LogP contribution in [-0.2, 0) is 9.84 Å². The topological polar surface area (TPSA) is 54.4 Å². The van der Waals surface area contributed by atoms with E-state index in [0.29, 0.717) is 6.42 Å². The SMILES string of the molecule is CCC1CCC(O)(CCS(C)(=O)=O)CC1. The van der Waals surface area contributed by atoms with Gasteiger partial charge >= 0.3 is 0 Å². The smallest absolute Gasteiger partial charge is 0.147 e. The van der Waals surface area contributed by atoms with Crippen molar-refractivity contribution in [3.8, 4) is 0 Å². The molecule has 1 N–H and O–H groups in total. The zero-order valence-electron chi connectivity index (χ0n) is 9.70. The highest BCUT2D eigenvalue weighted by molar-refractivity contribution is 7.90. The Morgan fingerprint density at radius 3 is 2.27 bits per heavy atom. The van der Waals surface area contributed by atoms with Crippen molar-refractivity contribution in [3.05, 3.63) is 0 Å². The van der Waals surface area contributed by atoms with Gasteiger partial charge in [0.05, 0.1) is 11.4 Å². The third kappa shape index (κ3) is 4.51. The van der Waals surface area contributed by atoms with Gasteiger partial charge in [0.1, 0.15) is 9.84 Å². The minimum absolute atomic E-state index is 0.111. The van der Waals surface area contributed by atoms with Crippen molar-refractivity contribution >= 4 is 9.84 Å². The van der Waals surface area contributed by atoms with Crippen LogP contribution in [0.4, 0.5) is 0 Å². The van der Waals surface area contributed by atoms with Crippen LogP contribution in [0.25, 0.3) is 0 Å². The summed E-state index contributed by atoms with van der Waals surface area (Å²) < 4.78 is 22.1. The molecular weight excluding hydrogens is 212 g/mol. The number of hydrogen-bond donors (Lipinski definition) is 1. The Morgan fingerprint density at radius 1 is 1.33 bits per heavy atom. The molecule has 0 atom stereocenters. The normalized spacial score (nSPS) is 32.9. The number of aliphatic hydroxyl groups is 1. The predicted molar refractivity (Wildman–Crippen MR) is 61.5 cm³/mol. The molecule has 3 nitrogen and oxygen atoms in total. The molecule has 0 spiro atoms. The van der Waals surface area contributed by atoms with Crippen LogP contribution in [-0.4, -0.2) is 31.1 Å². The van der Waals surface area contributed by atoms with E-state index < -0.39 is 15.4 Å². The van der Waals surface area contributed by atoms with Crippen molar-refractivity contribution < 1.29 is 13.5 Å². The highest BCUT2D eigenvalue weighted by atomic mass is 32.2. The fourth-order valence-corrected chi connectivity index (χ4v) is 3.00. The molecule has 1 fully saturated rings. The average molecular weight is 234 g/mol. The summed E-state index contributed by atoms with van der Waals surface area (Å²) >= 11 is 0. The molecule has 0 aromatic heterocycles. The van der Waals surface area contributed by atoms with Crippen LogP contribution < -0.4 is 0 Å². The van der Waals surface area contributed by atoms with Crippen molar-refractivity contribution in [2.45, 2.75) is 51.0 Å². The van der Waals surface area contributed by atoms with Crippen LogP contribution in [0, 0.1) is 5.92 Å². The first kappa shape index (κ1) is 13.0. The van der Waals surface area contributed by atoms with Gasteiger partial charge in [-0.25, -0.2) is 8.42 Å². The Bertz CT molecular complexity index is 287. The van der Waals surface area contributed by atoms with Crippen LogP contribution in [0.5, 0.6) is 0 Å². The first-order valence-electron chi connectivity index (χ1n) is 5.75. The van der Waals surface area contributed by atoms with Gasteiger partial charge in [-0.3, -0.25) is 0 Å². The van der Waals surface area contributed by atoms with Crippen molar-refractivity contribution in [3.63, 3.8) is 0 Å². The van der Waals surface area contributed by atoms with E-state index in [1.54, 1.807) is 0 Å². The van der Waals surface area contributed by atoms with Gasteiger partial charge in [0, 0.05) is 6.26 Å². The maximum atomic E-state index is 11.0. The second kappa shape index (κ2) is 4.83. The lowest BCUT2D eigenvalue weighted by molar-refractivity contribution is -0.0121. The van der Waals surface area contributed by atoms with Gasteiger partial charge in [-0.1, -0.05) is 13.3 Å². The van der Waals surface area contributed by atoms with Gasteiger partial charge in [-0.05, 0) is 38.0 Å². The molecule has 15 heavy (non-hydrogen) atoms. The zero-order valence-corrected chi connectivity index (χ0v) is 10.5. The van der Waals surface area contributed by atoms with Crippen molar-refractivity contribution in [1.29, 1.82) is 0 Å². The quantitative estimate of drug-likeness (QED) is 0.806. The molecule has 0 aromatic rings. The van der Waals surface area contributed by atoms with Crippen LogP contribution in [0.2, 0.25) is 0 Å². The Hall–Kier alpha value is -0.0900. The molecular formula is C11H22O3S. The van der Waals surface area contributed by atoms with Crippen LogP contribution in [0.3, 0.4) is 0 Å². The lowest BCUT2D eigenvalue weighted by atomic mass is 9.77. The van der Waals surface area contributed by atoms with Gasteiger partial charge in [0.25, 0.3) is 0 Å². The molecule has 0 aliphatic heterocycles. The maximum Gasteiger partial charge on any atom is 0.147 e. The molecule has 90 valence electrons. The first-order valence-corrected chi connectivity index (χ1v) is 7.81. The van der Waals surface area contributed by atoms with Crippen molar-refractivity contribution in [1.82, 2.24) is 0 Å². The summed E-state index contributed by atoms with van der Waals surface area (Å²) in [5.74, 6) is 0.837. The zero-order chi connectivity index (χ0) is 11.5. The number of rotatable bonds is 4. The highest BCUT2D eigenvalue weighted by Gasteiger charge is 2.32. The molecule has 1 saturated carbocycles. The number of sulfone groups is 1. The third-order valence-corrected chi connectivity index (χ3v) is 4.50. The fourth-order valence-electron chi connectivity index (χ4n) is 2.25. The largest absolute Gasteiger partial charge is 0.390 e. The van der Waals surface area contributed by atoms with E-state index in [2.05, 4.69) is 6.92 Å². The van der Waals surface area contributed by atoms with E-state index in [1.165, 1.54) is 12.7 Å². The van der Waals surface area contributed by atoms with E-state index in [-0.39, 0.29) is 5.75 Å². The summed E-state index contributed by atoms with van der Waals surface area (Å²) in [6.07, 6.45) is 6.41. The highest BCUT2D eigenvalue weighted by Crippen LogP contribution is 2.35.